The second-order valence-corrected chi connectivity index (χ2v) is 7.30. The van der Waals surface area contributed by atoms with Crippen molar-refractivity contribution >= 4 is 23.1 Å². The molecule has 7 nitrogen and oxygen atoms in total. The second-order valence-electron chi connectivity index (χ2n) is 7.30. The summed E-state index contributed by atoms with van der Waals surface area (Å²) in [5, 5.41) is 6.68. The van der Waals surface area contributed by atoms with E-state index < -0.39 is 0 Å². The number of aromatic nitrogens is 2. The van der Waals surface area contributed by atoms with E-state index in [2.05, 4.69) is 25.5 Å². The third-order valence-corrected chi connectivity index (χ3v) is 5.13. The molecule has 2 aromatic heterocycles. The molecule has 1 saturated heterocycles. The van der Waals surface area contributed by atoms with Crippen LogP contribution in [0.15, 0.2) is 60.8 Å². The first-order valence-corrected chi connectivity index (χ1v) is 10.2. The Balaban J connectivity index is 0.00000272. The number of hydrogen-bond donors (Lipinski definition) is 3. The van der Waals surface area contributed by atoms with Gasteiger partial charge in [-0.2, -0.15) is 0 Å². The molecule has 0 aliphatic carbocycles. The zero-order chi connectivity index (χ0) is 20.8. The number of nitrogen functional groups attached to an aromatic ring is 1. The van der Waals surface area contributed by atoms with Gasteiger partial charge in [-0.1, -0.05) is 36.4 Å². The highest BCUT2D eigenvalue weighted by Crippen LogP contribution is 2.21. The van der Waals surface area contributed by atoms with E-state index in [4.69, 9.17) is 5.73 Å². The number of nitrogens with two attached hydrogens (primary N) is 1. The predicted molar refractivity (Wildman–Crippen MR) is 128 cm³/mol. The van der Waals surface area contributed by atoms with Crippen molar-refractivity contribution in [1.82, 2.24) is 15.3 Å². The first-order chi connectivity index (χ1) is 14.7. The van der Waals surface area contributed by atoms with E-state index in [9.17, 15) is 4.79 Å². The van der Waals surface area contributed by atoms with Crippen molar-refractivity contribution in [1.29, 1.82) is 0 Å². The normalized spacial score (nSPS) is 14.2. The maximum Gasteiger partial charge on any atom is 0.215 e. The van der Waals surface area contributed by atoms with E-state index in [1.165, 1.54) is 0 Å². The fourth-order valence-corrected chi connectivity index (χ4v) is 3.49. The number of benzene rings is 1. The molecule has 0 spiro atoms. The standard InChI is InChI=1S/C23H26N6O.4H2/c24-23-19(14-18(16-27-23)26-15-17-6-2-1-3-7-17)22(30)20-8-4-9-21(28-20)29-12-5-10-25-11-13-29;;;;/h1-4,6-9,14,16,25-26H,5,10-13,15H2,(H2,24,27);4*1H. The maximum atomic E-state index is 13.2. The van der Waals surface area contributed by atoms with Crippen molar-refractivity contribution in [3.8, 4) is 0 Å². The Bertz CT molecular complexity index is 1020. The van der Waals surface area contributed by atoms with Gasteiger partial charge < -0.3 is 21.3 Å². The van der Waals surface area contributed by atoms with Gasteiger partial charge in [0.1, 0.15) is 17.3 Å². The summed E-state index contributed by atoms with van der Waals surface area (Å²) in [4.78, 5) is 24.2. The summed E-state index contributed by atoms with van der Waals surface area (Å²) in [6.07, 6.45) is 2.69. The number of carbonyl (C=O) groups excluding carboxylic acids is 1. The minimum Gasteiger partial charge on any atom is -0.383 e. The van der Waals surface area contributed by atoms with Crippen LogP contribution in [-0.4, -0.2) is 41.9 Å². The molecule has 0 saturated carbocycles. The molecular formula is C23H34N6O. The molecule has 1 aliphatic rings. The van der Waals surface area contributed by atoms with Gasteiger partial charge in [-0.15, -0.1) is 0 Å². The molecule has 0 radical (unpaired) electrons. The van der Waals surface area contributed by atoms with Crippen LogP contribution >= 0.6 is 0 Å². The van der Waals surface area contributed by atoms with Crippen LogP contribution in [0.25, 0.3) is 0 Å². The van der Waals surface area contributed by atoms with Crippen LogP contribution in [0.5, 0.6) is 0 Å². The molecule has 0 unspecified atom stereocenters. The van der Waals surface area contributed by atoms with Crippen LogP contribution in [0, 0.1) is 0 Å². The van der Waals surface area contributed by atoms with Gasteiger partial charge in [-0.3, -0.25) is 4.79 Å². The zero-order valence-electron chi connectivity index (χ0n) is 16.8. The molecule has 162 valence electrons. The molecule has 1 aromatic carbocycles. The summed E-state index contributed by atoms with van der Waals surface area (Å²) in [6.45, 7) is 4.33. The summed E-state index contributed by atoms with van der Waals surface area (Å²) >= 11 is 0. The van der Waals surface area contributed by atoms with Crippen LogP contribution in [0.3, 0.4) is 0 Å². The second kappa shape index (κ2) is 9.37. The van der Waals surface area contributed by atoms with E-state index in [0.717, 1.165) is 49.7 Å². The zero-order valence-corrected chi connectivity index (χ0v) is 16.8. The van der Waals surface area contributed by atoms with Gasteiger partial charge in [-0.25, -0.2) is 9.97 Å². The van der Waals surface area contributed by atoms with Crippen molar-refractivity contribution in [2.75, 3.05) is 42.1 Å². The molecule has 3 aromatic rings. The van der Waals surface area contributed by atoms with E-state index in [0.29, 0.717) is 17.8 Å². The van der Waals surface area contributed by atoms with E-state index in [-0.39, 0.29) is 17.3 Å². The lowest BCUT2D eigenvalue weighted by atomic mass is 10.1. The van der Waals surface area contributed by atoms with Crippen LogP contribution < -0.4 is 21.3 Å². The van der Waals surface area contributed by atoms with Gasteiger partial charge >= 0.3 is 0 Å². The molecule has 0 amide bonds. The molecule has 0 atom stereocenters. The minimum atomic E-state index is -0.224. The highest BCUT2D eigenvalue weighted by atomic mass is 16.1. The van der Waals surface area contributed by atoms with Crippen molar-refractivity contribution in [2.24, 2.45) is 0 Å². The van der Waals surface area contributed by atoms with Gasteiger partial charge in [0.15, 0.2) is 0 Å². The number of nitrogens with zero attached hydrogens (tertiary/aromatic N) is 3. The van der Waals surface area contributed by atoms with Crippen LogP contribution in [-0.2, 0) is 6.54 Å². The van der Waals surface area contributed by atoms with E-state index in [1.54, 1.807) is 18.3 Å². The number of anilines is 3. The molecule has 0 bridgehead atoms. The lowest BCUT2D eigenvalue weighted by molar-refractivity contribution is 0.103. The average molecular weight is 411 g/mol. The molecular weight excluding hydrogens is 376 g/mol. The highest BCUT2D eigenvalue weighted by Gasteiger charge is 2.18. The quantitative estimate of drug-likeness (QED) is 0.533. The Hall–Kier alpha value is -3.45. The Labute approximate surface area is 182 Å². The van der Waals surface area contributed by atoms with Gasteiger partial charge in [0.2, 0.25) is 5.78 Å². The number of nitrogens with one attached hydrogen (secondary N) is 2. The monoisotopic (exact) mass is 410 g/mol. The number of ketones is 1. The third-order valence-electron chi connectivity index (χ3n) is 5.13. The van der Waals surface area contributed by atoms with Gasteiger partial charge in [0.05, 0.1) is 17.4 Å². The Kier molecular flexibility index (Phi) is 6.20. The molecule has 4 N–H and O–H groups in total. The fourth-order valence-electron chi connectivity index (χ4n) is 3.49. The third kappa shape index (κ3) is 4.75. The first kappa shape index (κ1) is 19.8. The largest absolute Gasteiger partial charge is 0.383 e. The van der Waals surface area contributed by atoms with Crippen molar-refractivity contribution in [3.05, 3.63) is 77.6 Å². The molecule has 1 fully saturated rings. The van der Waals surface area contributed by atoms with Crippen molar-refractivity contribution in [2.45, 2.75) is 13.0 Å². The topological polar surface area (TPSA) is 96.2 Å². The summed E-state index contributed by atoms with van der Waals surface area (Å²) in [5.74, 6) is 0.795. The van der Waals surface area contributed by atoms with Gasteiger partial charge in [0.25, 0.3) is 0 Å². The SMILES string of the molecule is Nc1ncc(NCc2ccccc2)cc1C(=O)c1cccc(N2CCCNCC2)n1.[HH].[HH].[HH].[HH]. The van der Waals surface area contributed by atoms with E-state index in [1.807, 2.05) is 42.5 Å². The van der Waals surface area contributed by atoms with Gasteiger partial charge in [0, 0.05) is 31.9 Å². The molecule has 3 heterocycles. The van der Waals surface area contributed by atoms with Gasteiger partial charge in [-0.05, 0) is 36.7 Å². The molecule has 7 heteroatoms. The summed E-state index contributed by atoms with van der Waals surface area (Å²) < 4.78 is 0. The Morgan fingerprint density at radius 1 is 1.13 bits per heavy atom. The molecule has 4 rings (SSSR count). The van der Waals surface area contributed by atoms with Crippen molar-refractivity contribution in [3.63, 3.8) is 0 Å². The Morgan fingerprint density at radius 2 is 2.00 bits per heavy atom. The summed E-state index contributed by atoms with van der Waals surface area (Å²) in [6, 6.07) is 17.3. The average Bonchev–Trinajstić information content (AvgIpc) is 3.08. The summed E-state index contributed by atoms with van der Waals surface area (Å²) in [5.41, 5.74) is 8.64. The Morgan fingerprint density at radius 3 is 2.87 bits per heavy atom. The van der Waals surface area contributed by atoms with Crippen LogP contribution in [0.1, 0.15) is 33.7 Å². The molecule has 30 heavy (non-hydrogen) atoms. The maximum absolute atomic E-state index is 13.2. The smallest absolute Gasteiger partial charge is 0.215 e. The van der Waals surface area contributed by atoms with Crippen LogP contribution in [0.2, 0.25) is 0 Å². The number of pyridine rings is 2. The fraction of sp³-hybridized carbons (Fsp3) is 0.261. The van der Waals surface area contributed by atoms with Crippen LogP contribution in [0.4, 0.5) is 17.3 Å². The lowest BCUT2D eigenvalue weighted by Crippen LogP contribution is -2.29. The number of rotatable bonds is 6. The summed E-state index contributed by atoms with van der Waals surface area (Å²) in [7, 11) is 0. The highest BCUT2D eigenvalue weighted by molar-refractivity contribution is 6.11. The van der Waals surface area contributed by atoms with Crippen molar-refractivity contribution < 1.29 is 10.5 Å². The lowest BCUT2D eigenvalue weighted by Gasteiger charge is -2.21. The number of carbonyl (C=O) groups is 1. The van der Waals surface area contributed by atoms with E-state index >= 15 is 0 Å². The minimum absolute atomic E-state index is 0. The number of hydrogen-bond acceptors (Lipinski definition) is 7. The molecule has 1 aliphatic heterocycles. The first-order valence-electron chi connectivity index (χ1n) is 10.2. The predicted octanol–water partition coefficient (Wildman–Crippen LogP) is 3.69.